The Balaban J connectivity index is 1.53. The highest BCUT2D eigenvalue weighted by Crippen LogP contribution is 2.25. The summed E-state index contributed by atoms with van der Waals surface area (Å²) < 4.78 is 0. The molecule has 0 unspecified atom stereocenters. The van der Waals surface area contributed by atoms with E-state index in [-0.39, 0.29) is 5.75 Å². The summed E-state index contributed by atoms with van der Waals surface area (Å²) in [5, 5.41) is 17.8. The van der Waals surface area contributed by atoms with Crippen LogP contribution < -0.4 is 5.43 Å². The van der Waals surface area contributed by atoms with Crippen LogP contribution in [-0.4, -0.2) is 22.1 Å². The van der Waals surface area contributed by atoms with Crippen LogP contribution in [0.25, 0.3) is 21.7 Å². The molecule has 0 radical (unpaired) electrons. The number of aliphatic imine (C=N–C) groups is 1. The Kier molecular flexibility index (Phi) is 5.29. The molecule has 5 heteroatoms. The highest BCUT2D eigenvalue weighted by atomic mass is 16.3. The van der Waals surface area contributed by atoms with Gasteiger partial charge in [-0.15, -0.1) is 0 Å². The number of phenols is 1. The van der Waals surface area contributed by atoms with Crippen molar-refractivity contribution in [3.8, 4) is 5.75 Å². The Bertz CT molecular complexity index is 1460. The quantitative estimate of drug-likeness (QED) is 0.221. The van der Waals surface area contributed by atoms with Crippen LogP contribution in [0.4, 0.5) is 5.69 Å². The first kappa shape index (κ1) is 19.5. The molecule has 0 aliphatic carbocycles. The van der Waals surface area contributed by atoms with Crippen molar-refractivity contribution in [2.24, 2.45) is 10.1 Å². The SMILES string of the molecule is Oc1ccc2ccccc2c1C=NNC(=Nc1ccccc1)c1ccc2ccccc2n1. The third-order valence-corrected chi connectivity index (χ3v) is 5.15. The molecule has 0 aliphatic rings. The van der Waals surface area contributed by atoms with Gasteiger partial charge in [-0.25, -0.2) is 9.98 Å². The van der Waals surface area contributed by atoms with E-state index in [0.29, 0.717) is 17.1 Å². The molecule has 5 rings (SSSR count). The summed E-state index contributed by atoms with van der Waals surface area (Å²) in [6.07, 6.45) is 1.61. The molecule has 0 saturated carbocycles. The minimum atomic E-state index is 0.166. The van der Waals surface area contributed by atoms with Crippen LogP contribution >= 0.6 is 0 Å². The van der Waals surface area contributed by atoms with E-state index in [2.05, 4.69) is 10.5 Å². The van der Waals surface area contributed by atoms with Crippen LogP contribution in [0.3, 0.4) is 0 Å². The number of hydrogen-bond acceptors (Lipinski definition) is 4. The lowest BCUT2D eigenvalue weighted by atomic mass is 10.0. The van der Waals surface area contributed by atoms with Gasteiger partial charge in [0.05, 0.1) is 17.4 Å². The van der Waals surface area contributed by atoms with Gasteiger partial charge in [-0.3, -0.25) is 5.43 Å². The standard InChI is InChI=1S/C27H20N4O/c32-26-17-15-19-8-4-6-12-22(19)23(26)18-28-31-27(29-21-10-2-1-3-11-21)25-16-14-20-9-5-7-13-24(20)30-25/h1-18,32H,(H,29,31). The Morgan fingerprint density at radius 3 is 2.34 bits per heavy atom. The molecule has 2 N–H and O–H groups in total. The predicted octanol–water partition coefficient (Wildman–Crippen LogP) is 5.80. The van der Waals surface area contributed by atoms with E-state index < -0.39 is 0 Å². The van der Waals surface area contributed by atoms with Crippen LogP contribution in [0.15, 0.2) is 113 Å². The number of aromatic nitrogens is 1. The van der Waals surface area contributed by atoms with Crippen molar-refractivity contribution in [2.75, 3.05) is 0 Å². The van der Waals surface area contributed by atoms with Crippen molar-refractivity contribution in [1.82, 2.24) is 10.4 Å². The molecule has 0 saturated heterocycles. The monoisotopic (exact) mass is 416 g/mol. The van der Waals surface area contributed by atoms with Crippen molar-refractivity contribution in [3.63, 3.8) is 0 Å². The largest absolute Gasteiger partial charge is 0.507 e. The van der Waals surface area contributed by atoms with Crippen molar-refractivity contribution in [2.45, 2.75) is 0 Å². The van der Waals surface area contributed by atoms with Gasteiger partial charge in [0.1, 0.15) is 11.4 Å². The lowest BCUT2D eigenvalue weighted by molar-refractivity contribution is 0.475. The van der Waals surface area contributed by atoms with Crippen LogP contribution in [0.5, 0.6) is 5.75 Å². The topological polar surface area (TPSA) is 69.9 Å². The molecule has 32 heavy (non-hydrogen) atoms. The number of fused-ring (bicyclic) bond motifs is 2. The summed E-state index contributed by atoms with van der Waals surface area (Å²) in [7, 11) is 0. The molecular formula is C27H20N4O. The molecule has 1 heterocycles. The zero-order valence-corrected chi connectivity index (χ0v) is 17.2. The molecule has 0 spiro atoms. The molecule has 0 bridgehead atoms. The molecule has 4 aromatic carbocycles. The van der Waals surface area contributed by atoms with Gasteiger partial charge in [0, 0.05) is 10.9 Å². The number of rotatable bonds is 4. The maximum Gasteiger partial charge on any atom is 0.173 e. The van der Waals surface area contributed by atoms with Crippen LogP contribution in [-0.2, 0) is 0 Å². The number of benzene rings is 4. The third-order valence-electron chi connectivity index (χ3n) is 5.15. The number of hydrogen-bond donors (Lipinski definition) is 2. The van der Waals surface area contributed by atoms with Gasteiger partial charge in [-0.1, -0.05) is 72.8 Å². The molecule has 154 valence electrons. The number of nitrogens with one attached hydrogen (secondary N) is 1. The summed E-state index contributed by atoms with van der Waals surface area (Å²) in [5.41, 5.74) is 6.01. The summed E-state index contributed by atoms with van der Waals surface area (Å²) in [5.74, 6) is 0.678. The fourth-order valence-corrected chi connectivity index (χ4v) is 3.55. The first-order chi connectivity index (χ1) is 15.8. The third kappa shape index (κ3) is 4.04. The van der Waals surface area contributed by atoms with Crippen LogP contribution in [0.2, 0.25) is 0 Å². The fourth-order valence-electron chi connectivity index (χ4n) is 3.55. The first-order valence-corrected chi connectivity index (χ1v) is 10.3. The van der Waals surface area contributed by atoms with E-state index in [0.717, 1.165) is 27.4 Å². The van der Waals surface area contributed by atoms with E-state index >= 15 is 0 Å². The summed E-state index contributed by atoms with van der Waals surface area (Å²) in [6.45, 7) is 0. The molecule has 0 aliphatic heterocycles. The molecule has 0 amide bonds. The minimum Gasteiger partial charge on any atom is -0.507 e. The zero-order chi connectivity index (χ0) is 21.8. The molecule has 0 atom stereocenters. The highest BCUT2D eigenvalue weighted by Gasteiger charge is 2.08. The second-order valence-corrected chi connectivity index (χ2v) is 7.27. The maximum atomic E-state index is 10.4. The predicted molar refractivity (Wildman–Crippen MR) is 131 cm³/mol. The minimum absolute atomic E-state index is 0.166. The average molecular weight is 416 g/mol. The number of para-hydroxylation sites is 2. The second-order valence-electron chi connectivity index (χ2n) is 7.27. The molecule has 0 fully saturated rings. The van der Waals surface area contributed by atoms with E-state index in [9.17, 15) is 5.11 Å². The van der Waals surface area contributed by atoms with E-state index in [1.54, 1.807) is 12.3 Å². The summed E-state index contributed by atoms with van der Waals surface area (Å²) in [4.78, 5) is 9.47. The first-order valence-electron chi connectivity index (χ1n) is 10.3. The van der Waals surface area contributed by atoms with Gasteiger partial charge in [0.2, 0.25) is 0 Å². The summed E-state index contributed by atoms with van der Waals surface area (Å²) in [6, 6.07) is 32.9. The highest BCUT2D eigenvalue weighted by molar-refractivity contribution is 6.04. The van der Waals surface area contributed by atoms with Crippen molar-refractivity contribution < 1.29 is 5.11 Å². The number of pyridine rings is 1. The van der Waals surface area contributed by atoms with Crippen molar-refractivity contribution in [1.29, 1.82) is 0 Å². The van der Waals surface area contributed by atoms with Gasteiger partial charge in [0.25, 0.3) is 0 Å². The number of nitrogens with zero attached hydrogens (tertiary/aromatic N) is 3. The second kappa shape index (κ2) is 8.70. The Morgan fingerprint density at radius 2 is 1.47 bits per heavy atom. The normalized spacial score (nSPS) is 11.9. The van der Waals surface area contributed by atoms with Crippen LogP contribution in [0.1, 0.15) is 11.3 Å². The molecule has 1 aromatic heterocycles. The van der Waals surface area contributed by atoms with E-state index in [1.807, 2.05) is 97.1 Å². The molecule has 5 aromatic rings. The number of phenolic OH excluding ortho intramolecular Hbond substituents is 1. The smallest absolute Gasteiger partial charge is 0.173 e. The van der Waals surface area contributed by atoms with Gasteiger partial charge >= 0.3 is 0 Å². The molecular weight excluding hydrogens is 396 g/mol. The summed E-state index contributed by atoms with van der Waals surface area (Å²) >= 11 is 0. The lowest BCUT2D eigenvalue weighted by Gasteiger charge is -2.08. The van der Waals surface area contributed by atoms with Gasteiger partial charge in [0.15, 0.2) is 5.84 Å². The van der Waals surface area contributed by atoms with Crippen LogP contribution in [0, 0.1) is 0 Å². The lowest BCUT2D eigenvalue weighted by Crippen LogP contribution is -2.20. The number of aromatic hydroxyl groups is 1. The van der Waals surface area contributed by atoms with Gasteiger partial charge in [-0.2, -0.15) is 5.10 Å². The average Bonchev–Trinajstić information content (AvgIpc) is 2.85. The Morgan fingerprint density at radius 1 is 0.750 bits per heavy atom. The number of amidine groups is 1. The van der Waals surface area contributed by atoms with Gasteiger partial charge in [-0.05, 0) is 41.1 Å². The van der Waals surface area contributed by atoms with E-state index in [1.165, 1.54) is 0 Å². The number of hydrazone groups is 1. The Labute approximate surface area is 185 Å². The van der Waals surface area contributed by atoms with Crippen molar-refractivity contribution >= 4 is 39.4 Å². The zero-order valence-electron chi connectivity index (χ0n) is 17.2. The van der Waals surface area contributed by atoms with E-state index in [4.69, 9.17) is 9.98 Å². The van der Waals surface area contributed by atoms with Crippen molar-refractivity contribution in [3.05, 3.63) is 114 Å². The Hall–Kier alpha value is -4.51. The maximum absolute atomic E-state index is 10.4. The van der Waals surface area contributed by atoms with Gasteiger partial charge < -0.3 is 5.11 Å². The molecule has 5 nitrogen and oxygen atoms in total. The fraction of sp³-hybridized carbons (Fsp3) is 0.